The Morgan fingerprint density at radius 2 is 2.23 bits per heavy atom. The summed E-state index contributed by atoms with van der Waals surface area (Å²) in [7, 11) is 0. The number of carboxylic acids is 1. The lowest BCUT2D eigenvalue weighted by Gasteiger charge is -2.30. The molecule has 2 aromatic heterocycles. The molecule has 0 aliphatic carbocycles. The van der Waals surface area contributed by atoms with Crippen molar-refractivity contribution in [2.75, 3.05) is 39.4 Å². The molecule has 2 aliphatic heterocycles. The van der Waals surface area contributed by atoms with Crippen molar-refractivity contribution in [3.05, 3.63) is 33.2 Å². The molecule has 2 atom stereocenters. The zero-order valence-electron chi connectivity index (χ0n) is 14.6. The lowest BCUT2D eigenvalue weighted by molar-refractivity contribution is -0.138. The van der Waals surface area contributed by atoms with Crippen LogP contribution in [0.2, 0.25) is 0 Å². The van der Waals surface area contributed by atoms with Crippen LogP contribution in [0.3, 0.4) is 0 Å². The first-order valence-corrected chi connectivity index (χ1v) is 9.54. The van der Waals surface area contributed by atoms with E-state index in [9.17, 15) is 9.59 Å². The summed E-state index contributed by atoms with van der Waals surface area (Å²) in [5.74, 6) is -0.540. The number of hydrogen-bond acceptors (Lipinski definition) is 7. The Hall–Kier alpha value is -1.81. The topological polar surface area (TPSA) is 87.4 Å². The number of aromatic nitrogens is 2. The van der Waals surface area contributed by atoms with Crippen molar-refractivity contribution in [2.24, 2.45) is 5.92 Å². The molecule has 140 valence electrons. The molecule has 0 aromatic carbocycles. The third-order valence-corrected chi connectivity index (χ3v) is 5.82. The van der Waals surface area contributed by atoms with Crippen LogP contribution in [0.5, 0.6) is 0 Å². The van der Waals surface area contributed by atoms with Crippen LogP contribution in [-0.4, -0.2) is 75.7 Å². The average Bonchev–Trinajstić information content (AvgIpc) is 2.71. The molecular formula is C17H22N4O4S. The summed E-state index contributed by atoms with van der Waals surface area (Å²) in [6, 6.07) is 1.70. The molecule has 2 aliphatic rings. The van der Waals surface area contributed by atoms with Crippen LogP contribution in [0.4, 0.5) is 0 Å². The van der Waals surface area contributed by atoms with Crippen LogP contribution >= 0.6 is 11.3 Å². The van der Waals surface area contributed by atoms with Crippen molar-refractivity contribution >= 4 is 22.3 Å². The first-order chi connectivity index (χ1) is 12.5. The summed E-state index contributed by atoms with van der Waals surface area (Å²) in [4.78, 5) is 34.1. The maximum absolute atomic E-state index is 12.3. The van der Waals surface area contributed by atoms with E-state index in [0.717, 1.165) is 23.7 Å². The molecule has 0 spiro atoms. The van der Waals surface area contributed by atoms with Crippen molar-refractivity contribution in [2.45, 2.75) is 19.5 Å². The molecule has 8 nitrogen and oxygen atoms in total. The van der Waals surface area contributed by atoms with E-state index in [-0.39, 0.29) is 24.1 Å². The van der Waals surface area contributed by atoms with Gasteiger partial charge in [0.25, 0.3) is 5.56 Å². The van der Waals surface area contributed by atoms with Gasteiger partial charge in [-0.05, 0) is 6.92 Å². The predicted molar refractivity (Wildman–Crippen MR) is 96.7 cm³/mol. The standard InChI is InChI=1S/C17H22N4O4S/c1-11-3-21-15(22)2-13(18-17(21)26-11)6-20-5-12-4-19(8-16(23)24)7-14(20)10-25-9-12/h2-3,12,14H,4-10H2,1H3,(H,23,24)/t12-,14-/m0/s1. The van der Waals surface area contributed by atoms with Gasteiger partial charge >= 0.3 is 5.97 Å². The first kappa shape index (κ1) is 17.6. The van der Waals surface area contributed by atoms with Gasteiger partial charge in [-0.25, -0.2) is 4.98 Å². The molecule has 2 aromatic rings. The van der Waals surface area contributed by atoms with Gasteiger partial charge in [-0.15, -0.1) is 11.3 Å². The second-order valence-corrected chi connectivity index (χ2v) is 8.37. The van der Waals surface area contributed by atoms with Crippen LogP contribution in [0.15, 0.2) is 17.1 Å². The van der Waals surface area contributed by atoms with Crippen molar-refractivity contribution < 1.29 is 14.6 Å². The normalized spacial score (nSPS) is 24.7. The molecule has 26 heavy (non-hydrogen) atoms. The number of carbonyl (C=O) groups is 1. The summed E-state index contributed by atoms with van der Waals surface area (Å²) < 4.78 is 7.37. The molecule has 4 heterocycles. The number of nitrogens with zero attached hydrogens (tertiary/aromatic N) is 4. The van der Waals surface area contributed by atoms with Gasteiger partial charge in [-0.1, -0.05) is 0 Å². The molecule has 1 N–H and O–H groups in total. The van der Waals surface area contributed by atoms with Crippen LogP contribution < -0.4 is 5.56 Å². The smallest absolute Gasteiger partial charge is 0.317 e. The lowest BCUT2D eigenvalue weighted by Crippen LogP contribution is -2.45. The second kappa shape index (κ2) is 7.07. The van der Waals surface area contributed by atoms with E-state index in [2.05, 4.69) is 9.88 Å². The number of ether oxygens (including phenoxy) is 1. The van der Waals surface area contributed by atoms with Crippen LogP contribution in [-0.2, 0) is 16.1 Å². The van der Waals surface area contributed by atoms with Gasteiger partial charge in [-0.3, -0.25) is 23.8 Å². The van der Waals surface area contributed by atoms with Crippen LogP contribution in [0, 0.1) is 12.8 Å². The van der Waals surface area contributed by atoms with E-state index < -0.39 is 5.97 Å². The fourth-order valence-electron chi connectivity index (χ4n) is 3.89. The summed E-state index contributed by atoms with van der Waals surface area (Å²) in [5.41, 5.74) is 0.699. The summed E-state index contributed by atoms with van der Waals surface area (Å²) in [6.07, 6.45) is 1.82. The Labute approximate surface area is 154 Å². The minimum atomic E-state index is -0.800. The van der Waals surface area contributed by atoms with Gasteiger partial charge in [0.15, 0.2) is 4.96 Å². The number of thiazole rings is 1. The molecule has 0 radical (unpaired) electrons. The SMILES string of the molecule is Cc1cn2c(=O)cc(CN3C[C@H]4COC[C@@H]3CN(CC(=O)O)C4)nc2s1. The van der Waals surface area contributed by atoms with Crippen LogP contribution in [0.25, 0.3) is 4.96 Å². The highest BCUT2D eigenvalue weighted by molar-refractivity contribution is 7.16. The number of fused-ring (bicyclic) bond motifs is 4. The molecule has 4 rings (SSSR count). The Bertz CT molecular complexity index is 879. The molecule has 0 amide bonds. The summed E-state index contributed by atoms with van der Waals surface area (Å²) in [5, 5.41) is 9.12. The number of hydrogen-bond donors (Lipinski definition) is 1. The lowest BCUT2D eigenvalue weighted by atomic mass is 10.1. The molecule has 2 saturated heterocycles. The largest absolute Gasteiger partial charge is 0.480 e. The highest BCUT2D eigenvalue weighted by atomic mass is 32.1. The Morgan fingerprint density at radius 1 is 1.38 bits per heavy atom. The van der Waals surface area contributed by atoms with Crippen molar-refractivity contribution in [3.63, 3.8) is 0 Å². The second-order valence-electron chi connectivity index (χ2n) is 7.15. The maximum Gasteiger partial charge on any atom is 0.317 e. The number of carboxylic acid groups (broad SMARTS) is 1. The van der Waals surface area contributed by atoms with Gasteiger partial charge in [0.05, 0.1) is 25.5 Å². The molecule has 0 unspecified atom stereocenters. The Kier molecular flexibility index (Phi) is 4.78. The summed E-state index contributed by atoms with van der Waals surface area (Å²) in [6.45, 7) is 6.01. The van der Waals surface area contributed by atoms with Gasteiger partial charge in [0.2, 0.25) is 0 Å². The number of aliphatic carboxylic acids is 1. The summed E-state index contributed by atoms with van der Waals surface area (Å²) >= 11 is 1.51. The molecule has 9 heteroatoms. The third kappa shape index (κ3) is 3.66. The predicted octanol–water partition coefficient (Wildman–Crippen LogP) is 0.282. The minimum absolute atomic E-state index is 0.0564. The average molecular weight is 378 g/mol. The van der Waals surface area contributed by atoms with Crippen molar-refractivity contribution in [1.82, 2.24) is 19.2 Å². The van der Waals surface area contributed by atoms with E-state index in [1.54, 1.807) is 10.5 Å². The van der Waals surface area contributed by atoms with Crippen molar-refractivity contribution in [3.8, 4) is 0 Å². The fraction of sp³-hybridized carbons (Fsp3) is 0.588. The van der Waals surface area contributed by atoms with Crippen LogP contribution in [0.1, 0.15) is 10.6 Å². The third-order valence-electron chi connectivity index (χ3n) is 4.92. The minimum Gasteiger partial charge on any atom is -0.480 e. The zero-order chi connectivity index (χ0) is 18.3. The van der Waals surface area contributed by atoms with E-state index in [1.165, 1.54) is 11.3 Å². The van der Waals surface area contributed by atoms with Gasteiger partial charge < -0.3 is 9.84 Å². The highest BCUT2D eigenvalue weighted by Gasteiger charge is 2.34. The van der Waals surface area contributed by atoms with Gasteiger partial charge in [-0.2, -0.15) is 0 Å². The Balaban J connectivity index is 1.57. The Morgan fingerprint density at radius 3 is 3.04 bits per heavy atom. The molecule has 0 saturated carbocycles. The van der Waals surface area contributed by atoms with Gasteiger partial charge in [0.1, 0.15) is 0 Å². The molecular weight excluding hydrogens is 356 g/mol. The van der Waals surface area contributed by atoms with E-state index in [4.69, 9.17) is 9.84 Å². The van der Waals surface area contributed by atoms with Gasteiger partial charge in [0, 0.05) is 55.3 Å². The zero-order valence-corrected chi connectivity index (χ0v) is 15.4. The van der Waals surface area contributed by atoms with E-state index >= 15 is 0 Å². The maximum atomic E-state index is 12.3. The number of rotatable bonds is 4. The quantitative estimate of drug-likeness (QED) is 0.818. The monoisotopic (exact) mass is 378 g/mol. The molecule has 2 bridgehead atoms. The van der Waals surface area contributed by atoms with E-state index in [0.29, 0.717) is 31.3 Å². The van der Waals surface area contributed by atoms with E-state index in [1.807, 2.05) is 18.0 Å². The molecule has 2 fully saturated rings. The highest BCUT2D eigenvalue weighted by Crippen LogP contribution is 2.22. The van der Waals surface area contributed by atoms with Crippen molar-refractivity contribution in [1.29, 1.82) is 0 Å². The number of aryl methyl sites for hydroxylation is 1. The first-order valence-electron chi connectivity index (χ1n) is 8.72. The fourth-order valence-corrected chi connectivity index (χ4v) is 4.74.